The van der Waals surface area contributed by atoms with E-state index < -0.39 is 0 Å². The third-order valence-corrected chi connectivity index (χ3v) is 2.95. The molecule has 0 saturated carbocycles. The van der Waals surface area contributed by atoms with Gasteiger partial charge in [-0.25, -0.2) is 0 Å². The summed E-state index contributed by atoms with van der Waals surface area (Å²) in [4.78, 5) is 0. The first-order chi connectivity index (χ1) is 9.76. The summed E-state index contributed by atoms with van der Waals surface area (Å²) < 4.78 is 5.75. The zero-order chi connectivity index (χ0) is 14.4. The molecule has 4 heteroatoms. The van der Waals surface area contributed by atoms with Gasteiger partial charge in [0.15, 0.2) is 0 Å². The summed E-state index contributed by atoms with van der Waals surface area (Å²) in [5.74, 6) is 0.621. The number of rotatable bonds is 4. The van der Waals surface area contributed by atoms with Crippen LogP contribution in [-0.2, 0) is 6.61 Å². The SMILES string of the molecule is C/C(=N\O)c1ccccc1OCc1ccccc1C#N. The van der Waals surface area contributed by atoms with Crippen LogP contribution in [0.1, 0.15) is 23.6 Å². The van der Waals surface area contributed by atoms with Crippen molar-refractivity contribution >= 4 is 5.71 Å². The molecule has 0 unspecified atom stereocenters. The van der Waals surface area contributed by atoms with Crippen molar-refractivity contribution in [2.24, 2.45) is 5.16 Å². The Morgan fingerprint density at radius 3 is 2.65 bits per heavy atom. The number of oxime groups is 1. The average molecular weight is 266 g/mol. The van der Waals surface area contributed by atoms with Crippen LogP contribution in [0.4, 0.5) is 0 Å². The molecular weight excluding hydrogens is 252 g/mol. The average Bonchev–Trinajstić information content (AvgIpc) is 2.52. The molecule has 2 aromatic rings. The van der Waals surface area contributed by atoms with Crippen LogP contribution in [0, 0.1) is 11.3 Å². The van der Waals surface area contributed by atoms with Crippen LogP contribution in [0.5, 0.6) is 5.75 Å². The lowest BCUT2D eigenvalue weighted by Crippen LogP contribution is -2.03. The lowest BCUT2D eigenvalue weighted by molar-refractivity contribution is 0.303. The molecule has 20 heavy (non-hydrogen) atoms. The van der Waals surface area contributed by atoms with Crippen molar-refractivity contribution in [1.82, 2.24) is 0 Å². The lowest BCUT2D eigenvalue weighted by Gasteiger charge is -2.11. The maximum absolute atomic E-state index is 9.04. The molecule has 2 rings (SSSR count). The second-order valence-electron chi connectivity index (χ2n) is 4.24. The Labute approximate surface area is 117 Å². The van der Waals surface area contributed by atoms with E-state index in [2.05, 4.69) is 11.2 Å². The van der Waals surface area contributed by atoms with Gasteiger partial charge in [-0.2, -0.15) is 5.26 Å². The summed E-state index contributed by atoms with van der Waals surface area (Å²) in [6, 6.07) is 16.8. The Hall–Kier alpha value is -2.80. The van der Waals surface area contributed by atoms with Crippen molar-refractivity contribution in [3.8, 4) is 11.8 Å². The van der Waals surface area contributed by atoms with Gasteiger partial charge < -0.3 is 9.94 Å². The molecule has 0 saturated heterocycles. The first kappa shape index (κ1) is 13.6. The monoisotopic (exact) mass is 266 g/mol. The number of hydrogen-bond acceptors (Lipinski definition) is 4. The minimum absolute atomic E-state index is 0.291. The fourth-order valence-corrected chi connectivity index (χ4v) is 1.86. The Kier molecular flexibility index (Phi) is 4.35. The molecule has 0 aliphatic heterocycles. The van der Waals surface area contributed by atoms with Gasteiger partial charge in [-0.15, -0.1) is 0 Å². The smallest absolute Gasteiger partial charge is 0.128 e. The molecule has 0 aliphatic rings. The third kappa shape index (κ3) is 2.96. The minimum atomic E-state index is 0.291. The number of ether oxygens (including phenoxy) is 1. The van der Waals surface area contributed by atoms with Gasteiger partial charge in [0.2, 0.25) is 0 Å². The van der Waals surface area contributed by atoms with E-state index in [1.54, 1.807) is 19.1 Å². The van der Waals surface area contributed by atoms with Crippen LogP contribution >= 0.6 is 0 Å². The van der Waals surface area contributed by atoms with E-state index in [-0.39, 0.29) is 0 Å². The van der Waals surface area contributed by atoms with E-state index in [0.29, 0.717) is 23.6 Å². The Balaban J connectivity index is 2.22. The fourth-order valence-electron chi connectivity index (χ4n) is 1.86. The van der Waals surface area contributed by atoms with E-state index in [1.807, 2.05) is 36.4 Å². The van der Waals surface area contributed by atoms with Crippen LogP contribution in [0.25, 0.3) is 0 Å². The van der Waals surface area contributed by atoms with Gasteiger partial charge in [-0.1, -0.05) is 35.5 Å². The van der Waals surface area contributed by atoms with Gasteiger partial charge in [0.05, 0.1) is 17.3 Å². The summed E-state index contributed by atoms with van der Waals surface area (Å²) in [7, 11) is 0. The minimum Gasteiger partial charge on any atom is -0.488 e. The highest BCUT2D eigenvalue weighted by Gasteiger charge is 2.08. The van der Waals surface area contributed by atoms with Crippen LogP contribution in [0.3, 0.4) is 0 Å². The number of hydrogen-bond donors (Lipinski definition) is 1. The molecule has 100 valence electrons. The molecule has 0 atom stereocenters. The molecule has 0 aliphatic carbocycles. The highest BCUT2D eigenvalue weighted by molar-refractivity contribution is 6.00. The number of benzene rings is 2. The molecule has 0 heterocycles. The predicted octanol–water partition coefficient (Wildman–Crippen LogP) is 3.34. The number of nitrogens with zero attached hydrogens (tertiary/aromatic N) is 2. The van der Waals surface area contributed by atoms with Crippen molar-refractivity contribution < 1.29 is 9.94 Å². The maximum atomic E-state index is 9.04. The van der Waals surface area contributed by atoms with Crippen molar-refractivity contribution in [3.63, 3.8) is 0 Å². The topological polar surface area (TPSA) is 65.6 Å². The molecule has 4 nitrogen and oxygen atoms in total. The number of para-hydroxylation sites is 1. The standard InChI is InChI=1S/C16H14N2O2/c1-12(18-19)15-8-4-5-9-16(15)20-11-14-7-3-2-6-13(14)10-17/h2-9,19H,11H2,1H3/b18-12+. The molecule has 0 radical (unpaired) electrons. The van der Waals surface area contributed by atoms with Crippen molar-refractivity contribution in [2.75, 3.05) is 0 Å². The Morgan fingerprint density at radius 1 is 1.20 bits per heavy atom. The fraction of sp³-hybridized carbons (Fsp3) is 0.125. The molecule has 2 aromatic carbocycles. The molecular formula is C16H14N2O2. The molecule has 0 spiro atoms. The van der Waals surface area contributed by atoms with Gasteiger partial charge >= 0.3 is 0 Å². The summed E-state index contributed by atoms with van der Waals surface area (Å²) >= 11 is 0. The highest BCUT2D eigenvalue weighted by atomic mass is 16.5. The van der Waals surface area contributed by atoms with Crippen LogP contribution in [0.2, 0.25) is 0 Å². The first-order valence-corrected chi connectivity index (χ1v) is 6.15. The van der Waals surface area contributed by atoms with Gasteiger partial charge in [-0.3, -0.25) is 0 Å². The lowest BCUT2D eigenvalue weighted by atomic mass is 10.1. The van der Waals surface area contributed by atoms with Crippen LogP contribution in [0.15, 0.2) is 53.7 Å². The highest BCUT2D eigenvalue weighted by Crippen LogP contribution is 2.21. The Morgan fingerprint density at radius 2 is 1.90 bits per heavy atom. The molecule has 0 bridgehead atoms. The van der Waals surface area contributed by atoms with Gasteiger partial charge in [0.25, 0.3) is 0 Å². The summed E-state index contributed by atoms with van der Waals surface area (Å²) in [6.45, 7) is 1.99. The molecule has 0 amide bonds. The number of nitriles is 1. The van der Waals surface area contributed by atoms with E-state index in [0.717, 1.165) is 11.1 Å². The van der Waals surface area contributed by atoms with Crippen LogP contribution < -0.4 is 4.74 Å². The van der Waals surface area contributed by atoms with Crippen molar-refractivity contribution in [1.29, 1.82) is 5.26 Å². The van der Waals surface area contributed by atoms with Crippen molar-refractivity contribution in [3.05, 3.63) is 65.2 Å². The third-order valence-electron chi connectivity index (χ3n) is 2.95. The zero-order valence-corrected chi connectivity index (χ0v) is 11.1. The van der Waals surface area contributed by atoms with Gasteiger partial charge in [0, 0.05) is 11.1 Å². The summed E-state index contributed by atoms with van der Waals surface area (Å²) in [5, 5.41) is 21.1. The molecule has 0 fully saturated rings. The van der Waals surface area contributed by atoms with E-state index in [4.69, 9.17) is 15.2 Å². The second kappa shape index (κ2) is 6.39. The second-order valence-corrected chi connectivity index (χ2v) is 4.24. The maximum Gasteiger partial charge on any atom is 0.128 e. The van der Waals surface area contributed by atoms with Crippen LogP contribution in [-0.4, -0.2) is 10.9 Å². The first-order valence-electron chi connectivity index (χ1n) is 6.15. The van der Waals surface area contributed by atoms with E-state index in [1.165, 1.54) is 0 Å². The summed E-state index contributed by atoms with van der Waals surface area (Å²) in [6.07, 6.45) is 0. The quantitative estimate of drug-likeness (QED) is 0.524. The zero-order valence-electron chi connectivity index (χ0n) is 11.1. The van der Waals surface area contributed by atoms with Gasteiger partial charge in [0.1, 0.15) is 12.4 Å². The molecule has 1 N–H and O–H groups in total. The van der Waals surface area contributed by atoms with E-state index in [9.17, 15) is 0 Å². The normalized spacial score (nSPS) is 10.9. The Bertz CT molecular complexity index is 672. The van der Waals surface area contributed by atoms with Crippen molar-refractivity contribution in [2.45, 2.75) is 13.5 Å². The van der Waals surface area contributed by atoms with Gasteiger partial charge in [-0.05, 0) is 25.1 Å². The largest absolute Gasteiger partial charge is 0.488 e. The van der Waals surface area contributed by atoms with E-state index >= 15 is 0 Å². The predicted molar refractivity (Wildman–Crippen MR) is 75.9 cm³/mol. The molecule has 0 aromatic heterocycles. The summed E-state index contributed by atoms with van der Waals surface area (Å²) in [5.41, 5.74) is 2.62.